The van der Waals surface area contributed by atoms with Gasteiger partial charge in [0.15, 0.2) is 0 Å². The molecule has 0 rings (SSSR count). The third-order valence-electron chi connectivity index (χ3n) is 0.204. The Labute approximate surface area is 27.1 Å². The molecule has 0 amide bonds. The molecule has 0 bridgehead atoms. The first kappa shape index (κ1) is 3.73. The molecule has 2 heteroatoms. The fraction of sp³-hybridized carbons (Fsp3) is 0.500. The average Bonchev–Trinajstić information content (AvgIpc) is 1.37. The predicted molar refractivity (Wildman–Crippen MR) is 22.3 cm³/mol. The number of hydrogen-bond acceptors (Lipinski definition) is 1. The molecule has 1 nitrogen and oxygen atoms in total. The van der Waals surface area contributed by atoms with Gasteiger partial charge in [-0.15, -0.1) is 0 Å². The average molecular weight is 54.9 g/mol. The summed E-state index contributed by atoms with van der Waals surface area (Å²) >= 11 is 0. The van der Waals surface area contributed by atoms with Crippen molar-refractivity contribution in [2.45, 2.75) is 0 Å². The second kappa shape index (κ2) is 2.73. The van der Waals surface area contributed by atoms with Gasteiger partial charge in [0.05, 0.1) is 0 Å². The molecule has 0 aliphatic rings. The summed E-state index contributed by atoms with van der Waals surface area (Å²) in [6.45, 7) is 0. The summed E-state index contributed by atoms with van der Waals surface area (Å²) in [6, 6.07) is 0. The molecule has 0 aliphatic carbocycles. The van der Waals surface area contributed by atoms with Crippen molar-refractivity contribution in [3.8, 4) is 0 Å². The van der Waals surface area contributed by atoms with E-state index in [1.165, 1.54) is 0 Å². The number of nitrogens with one attached hydrogen (secondary N) is 1. The number of rotatable bonds is 1. The Kier molecular flexibility index (Phi) is 2.55. The molecular formula is C2H6BN. The Hall–Kier alpha value is -0.265. The van der Waals surface area contributed by atoms with E-state index >= 15 is 0 Å². The van der Waals surface area contributed by atoms with Gasteiger partial charge >= 0.3 is 25.9 Å². The van der Waals surface area contributed by atoms with Crippen molar-refractivity contribution >= 4 is 13.6 Å². The van der Waals surface area contributed by atoms with Gasteiger partial charge in [0.2, 0.25) is 0 Å². The molecule has 0 atom stereocenters. The Morgan fingerprint density at radius 2 is 2.25 bits per heavy atom. The Balaban J connectivity index is 2.30. The first-order valence-corrected chi connectivity index (χ1v) is 1.20. The van der Waals surface area contributed by atoms with Gasteiger partial charge in [0, 0.05) is 0 Å². The van der Waals surface area contributed by atoms with Crippen LogP contribution in [0.15, 0.2) is 0 Å². The van der Waals surface area contributed by atoms with Crippen LogP contribution >= 0.6 is 0 Å². The zero-order valence-electron chi connectivity index (χ0n) is 2.78. The van der Waals surface area contributed by atoms with Crippen LogP contribution in [0.1, 0.15) is 0 Å². The summed E-state index contributed by atoms with van der Waals surface area (Å²) in [5, 5.41) is 2.69. The van der Waals surface area contributed by atoms with Gasteiger partial charge in [-0.25, -0.2) is 0 Å². The SMILES string of the molecule is B=CNC. The van der Waals surface area contributed by atoms with E-state index in [9.17, 15) is 0 Å². The first-order chi connectivity index (χ1) is 1.91. The molecule has 0 aliphatic heterocycles. The molecule has 0 heterocycles. The van der Waals surface area contributed by atoms with Gasteiger partial charge in [-0.3, -0.25) is 0 Å². The molecule has 4 heavy (non-hydrogen) atoms. The molecular weight excluding hydrogens is 48.8 g/mol. The van der Waals surface area contributed by atoms with E-state index < -0.39 is 0 Å². The second-order valence-corrected chi connectivity index (χ2v) is 0.493. The fourth-order valence-corrected chi connectivity index (χ4v) is 0. The molecule has 0 fully saturated rings. The van der Waals surface area contributed by atoms with Crippen molar-refractivity contribution in [1.82, 2.24) is 5.32 Å². The third kappa shape index (κ3) is 1.73. The van der Waals surface area contributed by atoms with Crippen LogP contribution in [0.3, 0.4) is 0 Å². The van der Waals surface area contributed by atoms with Crippen LogP contribution in [0, 0.1) is 0 Å². The normalized spacial score (nSPS) is 5.00. The summed E-state index contributed by atoms with van der Waals surface area (Å²) in [5.41, 5.74) is 0. The second-order valence-electron chi connectivity index (χ2n) is 0.493. The van der Waals surface area contributed by atoms with Gasteiger partial charge in [0.25, 0.3) is 0 Å². The van der Waals surface area contributed by atoms with Crippen LogP contribution in [0.5, 0.6) is 0 Å². The topological polar surface area (TPSA) is 12.0 Å². The molecule has 0 radical (unpaired) electrons. The van der Waals surface area contributed by atoms with Crippen LogP contribution in [-0.2, 0) is 0 Å². The number of hydrogen-bond donors (Lipinski definition) is 1. The Bertz CT molecular complexity index is 20.0. The molecule has 0 spiro atoms. The zero-order valence-corrected chi connectivity index (χ0v) is 2.78. The maximum atomic E-state index is 3.37. The van der Waals surface area contributed by atoms with Gasteiger partial charge in [-0.2, -0.15) is 0 Å². The summed E-state index contributed by atoms with van der Waals surface area (Å²) in [4.78, 5) is 0. The molecule has 1 N–H and O–H groups in total. The summed E-state index contributed by atoms with van der Waals surface area (Å²) in [5.74, 6) is 0. The fourth-order valence-electron chi connectivity index (χ4n) is 0. The van der Waals surface area contributed by atoms with Crippen LogP contribution < -0.4 is 5.32 Å². The van der Waals surface area contributed by atoms with Gasteiger partial charge in [0.1, 0.15) is 0 Å². The molecule has 0 saturated carbocycles. The molecule has 22 valence electrons. The minimum absolute atomic E-state index is 1.62. The minimum atomic E-state index is 1.62. The van der Waals surface area contributed by atoms with E-state index in [1.54, 1.807) is 6.09 Å². The van der Waals surface area contributed by atoms with Crippen LogP contribution in [0.2, 0.25) is 0 Å². The van der Waals surface area contributed by atoms with Crippen molar-refractivity contribution < 1.29 is 0 Å². The Morgan fingerprint density at radius 3 is 2.25 bits per heavy atom. The standard InChI is InChI=1S/C2H6BN/c1-4-2-3/h2-4H,1H3. The van der Waals surface area contributed by atoms with E-state index in [0.717, 1.165) is 0 Å². The summed E-state index contributed by atoms with van der Waals surface area (Å²) in [7, 11) is 5.18. The molecule has 0 aromatic rings. The molecule has 0 aromatic heterocycles. The zero-order chi connectivity index (χ0) is 3.41. The van der Waals surface area contributed by atoms with E-state index in [1.807, 2.05) is 7.05 Å². The third-order valence-corrected chi connectivity index (χ3v) is 0.204. The Morgan fingerprint density at radius 1 is 2.00 bits per heavy atom. The van der Waals surface area contributed by atoms with Crippen LogP contribution in [-0.4, -0.2) is 20.6 Å². The van der Waals surface area contributed by atoms with Crippen molar-refractivity contribution in [1.29, 1.82) is 0 Å². The van der Waals surface area contributed by atoms with E-state index in [-0.39, 0.29) is 0 Å². The van der Waals surface area contributed by atoms with E-state index in [4.69, 9.17) is 0 Å². The first-order valence-electron chi connectivity index (χ1n) is 1.20. The van der Waals surface area contributed by atoms with E-state index in [2.05, 4.69) is 12.8 Å². The van der Waals surface area contributed by atoms with Gasteiger partial charge in [-0.05, 0) is 0 Å². The summed E-state index contributed by atoms with van der Waals surface area (Å²) < 4.78 is 0. The van der Waals surface area contributed by atoms with Gasteiger partial charge in [-0.1, -0.05) is 0 Å². The van der Waals surface area contributed by atoms with Crippen LogP contribution in [0.25, 0.3) is 0 Å². The monoisotopic (exact) mass is 55.1 g/mol. The van der Waals surface area contributed by atoms with Crippen LogP contribution in [0.4, 0.5) is 0 Å². The van der Waals surface area contributed by atoms with Crippen molar-refractivity contribution in [3.05, 3.63) is 0 Å². The van der Waals surface area contributed by atoms with Gasteiger partial charge < -0.3 is 0 Å². The van der Waals surface area contributed by atoms with E-state index in [0.29, 0.717) is 0 Å². The molecule has 0 saturated heterocycles. The molecule has 0 unspecified atom stereocenters. The maximum absolute atomic E-state index is 3.37. The van der Waals surface area contributed by atoms with Crippen molar-refractivity contribution in [2.24, 2.45) is 0 Å². The predicted octanol–water partition coefficient (Wildman–Crippen LogP) is -1.13. The summed E-state index contributed by atoms with van der Waals surface area (Å²) in [6.07, 6.45) is 1.62. The van der Waals surface area contributed by atoms with Crippen molar-refractivity contribution in [3.63, 3.8) is 0 Å². The molecule has 0 aromatic carbocycles. The van der Waals surface area contributed by atoms with Crippen molar-refractivity contribution in [2.75, 3.05) is 7.05 Å². The quantitative estimate of drug-likeness (QED) is 0.374.